The van der Waals surface area contributed by atoms with Gasteiger partial charge in [0.25, 0.3) is 0 Å². The van der Waals surface area contributed by atoms with E-state index in [1.165, 1.54) is 0 Å². The number of benzene rings is 1. The Morgan fingerprint density at radius 2 is 2.24 bits per heavy atom. The summed E-state index contributed by atoms with van der Waals surface area (Å²) in [5, 5.41) is 15.2. The minimum atomic E-state index is -0.407. The molecule has 5 nitrogen and oxygen atoms in total. The van der Waals surface area contributed by atoms with Crippen molar-refractivity contribution < 1.29 is 14.6 Å². The zero-order chi connectivity index (χ0) is 14.4. The first kappa shape index (κ1) is 17.8. The summed E-state index contributed by atoms with van der Waals surface area (Å²) in [6.45, 7) is 3.66. The zero-order valence-electron chi connectivity index (χ0n) is 12.2. The second-order valence-electron chi connectivity index (χ2n) is 5.11. The average molecular weight is 315 g/mol. The number of para-hydroxylation sites is 1. The second-order valence-corrected chi connectivity index (χ2v) is 5.11. The van der Waals surface area contributed by atoms with Gasteiger partial charge in [-0.05, 0) is 31.4 Å². The Labute approximate surface area is 131 Å². The van der Waals surface area contributed by atoms with Gasteiger partial charge in [-0.3, -0.25) is 4.79 Å². The van der Waals surface area contributed by atoms with Gasteiger partial charge in [0.15, 0.2) is 0 Å². The number of nitrogens with one attached hydrogen (secondary N) is 2. The summed E-state index contributed by atoms with van der Waals surface area (Å²) >= 11 is 0. The maximum atomic E-state index is 11.8. The Hall–Kier alpha value is -1.30. The molecule has 1 saturated heterocycles. The predicted octanol–water partition coefficient (Wildman–Crippen LogP) is 1.02. The van der Waals surface area contributed by atoms with Crippen LogP contribution in [0.1, 0.15) is 18.4 Å². The van der Waals surface area contributed by atoms with Gasteiger partial charge < -0.3 is 20.5 Å². The van der Waals surface area contributed by atoms with Crippen molar-refractivity contribution in [3.05, 3.63) is 29.8 Å². The molecule has 21 heavy (non-hydrogen) atoms. The van der Waals surface area contributed by atoms with Gasteiger partial charge in [0.1, 0.15) is 5.75 Å². The van der Waals surface area contributed by atoms with Gasteiger partial charge >= 0.3 is 0 Å². The van der Waals surface area contributed by atoms with Crippen molar-refractivity contribution in [2.75, 3.05) is 19.7 Å². The van der Waals surface area contributed by atoms with Crippen molar-refractivity contribution in [1.29, 1.82) is 0 Å². The lowest BCUT2D eigenvalue weighted by molar-refractivity contribution is -0.122. The molecule has 1 aromatic rings. The molecular weight excluding hydrogens is 292 g/mol. The van der Waals surface area contributed by atoms with E-state index < -0.39 is 6.10 Å². The van der Waals surface area contributed by atoms with Gasteiger partial charge in [-0.1, -0.05) is 18.2 Å². The standard InChI is InChI=1S/C15H22N2O3.ClH/c1-11-5-2-3-6-14(11)20-8-4-7-16-15(19)13-9-12(18)10-17-13;/h2-3,5-6,12-13,17-18H,4,7-10H2,1H3,(H,16,19);1H. The second kappa shape index (κ2) is 8.87. The molecule has 0 radical (unpaired) electrons. The number of carbonyl (C=O) groups is 1. The van der Waals surface area contributed by atoms with E-state index in [-0.39, 0.29) is 24.4 Å². The molecule has 0 saturated carbocycles. The Kier molecular flexibility index (Phi) is 7.50. The predicted molar refractivity (Wildman–Crippen MR) is 84.0 cm³/mol. The number of hydrogen-bond acceptors (Lipinski definition) is 4. The lowest BCUT2D eigenvalue weighted by atomic mass is 10.2. The highest BCUT2D eigenvalue weighted by Crippen LogP contribution is 2.16. The number of hydrogen-bond donors (Lipinski definition) is 3. The van der Waals surface area contributed by atoms with Gasteiger partial charge in [0.2, 0.25) is 5.91 Å². The van der Waals surface area contributed by atoms with Gasteiger partial charge in [-0.2, -0.15) is 0 Å². The van der Waals surface area contributed by atoms with Crippen LogP contribution in [0, 0.1) is 6.92 Å². The highest BCUT2D eigenvalue weighted by Gasteiger charge is 2.27. The number of β-amino-alcohol motifs (C(OH)–C–C–N with tert-alkyl or cyclic N) is 1. The van der Waals surface area contributed by atoms with E-state index in [0.717, 1.165) is 17.7 Å². The average Bonchev–Trinajstić information content (AvgIpc) is 2.87. The van der Waals surface area contributed by atoms with Crippen LogP contribution in [0.5, 0.6) is 5.75 Å². The number of carbonyl (C=O) groups excluding carboxylic acids is 1. The lowest BCUT2D eigenvalue weighted by Crippen LogP contribution is -2.40. The molecule has 2 atom stereocenters. The topological polar surface area (TPSA) is 70.6 Å². The Balaban J connectivity index is 0.00000220. The molecule has 0 spiro atoms. The number of aliphatic hydroxyl groups is 1. The molecule has 0 aliphatic carbocycles. The monoisotopic (exact) mass is 314 g/mol. The smallest absolute Gasteiger partial charge is 0.237 e. The zero-order valence-corrected chi connectivity index (χ0v) is 13.0. The molecule has 0 bridgehead atoms. The molecule has 1 amide bonds. The minimum absolute atomic E-state index is 0. The SMILES string of the molecule is Cc1ccccc1OCCCNC(=O)C1CC(O)CN1.Cl. The van der Waals surface area contributed by atoms with Crippen LogP contribution in [0.25, 0.3) is 0 Å². The number of rotatable bonds is 6. The molecule has 1 heterocycles. The van der Waals surface area contributed by atoms with Gasteiger partial charge in [0, 0.05) is 13.1 Å². The Morgan fingerprint density at radius 1 is 1.48 bits per heavy atom. The Bertz CT molecular complexity index is 456. The van der Waals surface area contributed by atoms with Crippen LogP contribution >= 0.6 is 12.4 Å². The third-order valence-corrected chi connectivity index (χ3v) is 3.40. The van der Waals surface area contributed by atoms with E-state index in [1.807, 2.05) is 31.2 Å². The molecule has 2 unspecified atom stereocenters. The van der Waals surface area contributed by atoms with E-state index in [0.29, 0.717) is 26.1 Å². The van der Waals surface area contributed by atoms with Crippen LogP contribution < -0.4 is 15.4 Å². The quantitative estimate of drug-likeness (QED) is 0.686. The molecule has 0 aromatic heterocycles. The molecule has 1 aromatic carbocycles. The number of aryl methyl sites for hydroxylation is 1. The number of ether oxygens (including phenoxy) is 1. The largest absolute Gasteiger partial charge is 0.493 e. The minimum Gasteiger partial charge on any atom is -0.493 e. The van der Waals surface area contributed by atoms with Crippen LogP contribution in [-0.2, 0) is 4.79 Å². The highest BCUT2D eigenvalue weighted by atomic mass is 35.5. The van der Waals surface area contributed by atoms with E-state index in [9.17, 15) is 9.90 Å². The van der Waals surface area contributed by atoms with Gasteiger partial charge in [-0.25, -0.2) is 0 Å². The summed E-state index contributed by atoms with van der Waals surface area (Å²) in [5.74, 6) is 0.844. The summed E-state index contributed by atoms with van der Waals surface area (Å²) in [6.07, 6.45) is 0.844. The lowest BCUT2D eigenvalue weighted by Gasteiger charge is -2.12. The highest BCUT2D eigenvalue weighted by molar-refractivity contribution is 5.85. The molecule has 1 aliphatic heterocycles. The summed E-state index contributed by atoms with van der Waals surface area (Å²) in [6, 6.07) is 7.61. The summed E-state index contributed by atoms with van der Waals surface area (Å²) in [4.78, 5) is 11.8. The van der Waals surface area contributed by atoms with E-state index >= 15 is 0 Å². The number of aliphatic hydroxyl groups excluding tert-OH is 1. The van der Waals surface area contributed by atoms with Crippen molar-refractivity contribution in [2.45, 2.75) is 31.9 Å². The molecule has 2 rings (SSSR count). The van der Waals surface area contributed by atoms with Crippen LogP contribution in [0.4, 0.5) is 0 Å². The number of amides is 1. The molecule has 1 aliphatic rings. The van der Waals surface area contributed by atoms with Crippen molar-refractivity contribution in [1.82, 2.24) is 10.6 Å². The van der Waals surface area contributed by atoms with Crippen molar-refractivity contribution in [3.63, 3.8) is 0 Å². The first-order chi connectivity index (χ1) is 9.66. The maximum Gasteiger partial charge on any atom is 0.237 e. The van der Waals surface area contributed by atoms with Crippen LogP contribution in [0.3, 0.4) is 0 Å². The molecule has 1 fully saturated rings. The fourth-order valence-corrected chi connectivity index (χ4v) is 2.22. The summed E-state index contributed by atoms with van der Waals surface area (Å²) < 4.78 is 5.65. The molecule has 3 N–H and O–H groups in total. The normalized spacial score (nSPS) is 20.7. The molecular formula is C15H23ClN2O3. The van der Waals surface area contributed by atoms with Gasteiger partial charge in [-0.15, -0.1) is 12.4 Å². The van der Waals surface area contributed by atoms with Crippen molar-refractivity contribution in [2.24, 2.45) is 0 Å². The molecule has 118 valence electrons. The summed E-state index contributed by atoms with van der Waals surface area (Å²) in [5.41, 5.74) is 1.11. The van der Waals surface area contributed by atoms with Crippen LogP contribution in [0.15, 0.2) is 24.3 Å². The third-order valence-electron chi connectivity index (χ3n) is 3.40. The Morgan fingerprint density at radius 3 is 2.90 bits per heavy atom. The maximum absolute atomic E-state index is 11.8. The first-order valence-corrected chi connectivity index (χ1v) is 7.04. The van der Waals surface area contributed by atoms with E-state index in [2.05, 4.69) is 10.6 Å². The van der Waals surface area contributed by atoms with Crippen LogP contribution in [-0.4, -0.2) is 42.9 Å². The summed E-state index contributed by atoms with van der Waals surface area (Å²) in [7, 11) is 0. The fourth-order valence-electron chi connectivity index (χ4n) is 2.22. The van der Waals surface area contributed by atoms with Crippen LogP contribution in [0.2, 0.25) is 0 Å². The molecule has 6 heteroatoms. The van der Waals surface area contributed by atoms with Gasteiger partial charge in [0.05, 0.1) is 18.8 Å². The fraction of sp³-hybridized carbons (Fsp3) is 0.533. The first-order valence-electron chi connectivity index (χ1n) is 7.04. The van der Waals surface area contributed by atoms with E-state index in [1.54, 1.807) is 0 Å². The third kappa shape index (κ3) is 5.53. The van der Waals surface area contributed by atoms with Crippen molar-refractivity contribution >= 4 is 18.3 Å². The van der Waals surface area contributed by atoms with Crippen molar-refractivity contribution in [3.8, 4) is 5.75 Å². The van der Waals surface area contributed by atoms with E-state index in [4.69, 9.17) is 4.74 Å². The number of halogens is 1.